The molecule has 3 saturated heterocycles. The first kappa shape index (κ1) is 20.8. The Morgan fingerprint density at radius 3 is 2.44 bits per heavy atom. The molecule has 1 aromatic heterocycles. The van der Waals surface area contributed by atoms with Crippen molar-refractivity contribution in [2.24, 2.45) is 0 Å². The van der Waals surface area contributed by atoms with E-state index in [1.807, 2.05) is 11.0 Å². The molecule has 8 nitrogen and oxygen atoms in total. The van der Waals surface area contributed by atoms with E-state index < -0.39 is 6.36 Å². The zero-order valence-electron chi connectivity index (χ0n) is 17.2. The van der Waals surface area contributed by atoms with Gasteiger partial charge in [-0.2, -0.15) is 0 Å². The summed E-state index contributed by atoms with van der Waals surface area (Å²) in [6, 6.07) is 4.55. The summed E-state index contributed by atoms with van der Waals surface area (Å²) in [7, 11) is 0. The summed E-state index contributed by atoms with van der Waals surface area (Å²) in [5.41, 5.74) is 1.51. The molecule has 2 aromatic rings. The number of hydrogen-bond acceptors (Lipinski definition) is 7. The summed E-state index contributed by atoms with van der Waals surface area (Å²) in [6.07, 6.45) is 0.0956. The van der Waals surface area contributed by atoms with Gasteiger partial charge in [-0.3, -0.25) is 4.79 Å². The van der Waals surface area contributed by atoms with Crippen molar-refractivity contribution in [2.45, 2.75) is 31.3 Å². The maximum Gasteiger partial charge on any atom is 0.573 e. The number of alkyl halides is 3. The van der Waals surface area contributed by atoms with Crippen molar-refractivity contribution in [3.8, 4) is 5.75 Å². The molecule has 1 spiro atoms. The van der Waals surface area contributed by atoms with Gasteiger partial charge in [-0.25, -0.2) is 9.97 Å². The largest absolute Gasteiger partial charge is 0.573 e. The second kappa shape index (κ2) is 7.80. The highest BCUT2D eigenvalue weighted by atomic mass is 19.4. The van der Waals surface area contributed by atoms with Crippen LogP contribution in [0.4, 0.5) is 24.8 Å². The molecule has 170 valence electrons. The van der Waals surface area contributed by atoms with E-state index in [1.165, 1.54) is 24.5 Å². The second-order valence-electron chi connectivity index (χ2n) is 8.30. The van der Waals surface area contributed by atoms with Crippen molar-refractivity contribution in [1.82, 2.24) is 14.9 Å². The van der Waals surface area contributed by atoms with Gasteiger partial charge in [-0.05, 0) is 30.5 Å². The van der Waals surface area contributed by atoms with E-state index in [0.717, 1.165) is 25.9 Å². The van der Waals surface area contributed by atoms with Crippen LogP contribution in [0.5, 0.6) is 5.75 Å². The van der Waals surface area contributed by atoms with E-state index in [0.29, 0.717) is 36.6 Å². The molecule has 0 unspecified atom stereocenters. The Balaban J connectivity index is 1.25. The number of carbonyl (C=O) groups excluding carboxylic acids is 1. The first-order valence-electron chi connectivity index (χ1n) is 10.4. The second-order valence-corrected chi connectivity index (χ2v) is 8.30. The number of aromatic nitrogens is 2. The number of anilines is 2. The number of benzene rings is 1. The number of carbonyl (C=O) groups is 1. The number of ether oxygens (including phenoxy) is 2. The van der Waals surface area contributed by atoms with Gasteiger partial charge in [0.2, 0.25) is 5.95 Å². The summed E-state index contributed by atoms with van der Waals surface area (Å²) < 4.78 is 47.5. The van der Waals surface area contributed by atoms with Crippen LogP contribution in [0.2, 0.25) is 0 Å². The van der Waals surface area contributed by atoms with Crippen LogP contribution in [-0.2, 0) is 11.3 Å². The Morgan fingerprint density at radius 1 is 1.16 bits per heavy atom. The van der Waals surface area contributed by atoms with Gasteiger partial charge in [-0.15, -0.1) is 13.2 Å². The maximum atomic E-state index is 12.7. The highest BCUT2D eigenvalue weighted by Crippen LogP contribution is 2.38. The van der Waals surface area contributed by atoms with Crippen molar-refractivity contribution < 1.29 is 27.4 Å². The maximum absolute atomic E-state index is 12.7. The van der Waals surface area contributed by atoms with E-state index in [9.17, 15) is 18.0 Å². The van der Waals surface area contributed by atoms with E-state index in [1.54, 1.807) is 4.90 Å². The normalized spacial score (nSPS) is 19.1. The van der Waals surface area contributed by atoms with Gasteiger partial charge >= 0.3 is 6.36 Å². The number of likely N-dealkylation sites (tertiary alicyclic amines) is 1. The molecule has 3 aliphatic heterocycles. The predicted molar refractivity (Wildman–Crippen MR) is 109 cm³/mol. The fourth-order valence-corrected chi connectivity index (χ4v) is 4.06. The Morgan fingerprint density at radius 2 is 1.91 bits per heavy atom. The lowest BCUT2D eigenvalue weighted by Gasteiger charge is -2.57. The number of nitrogens with zero attached hydrogens (tertiary/aromatic N) is 4. The smallest absolute Gasteiger partial charge is 0.406 e. The van der Waals surface area contributed by atoms with Crippen molar-refractivity contribution in [1.29, 1.82) is 0 Å². The van der Waals surface area contributed by atoms with Gasteiger partial charge < -0.3 is 24.6 Å². The Labute approximate surface area is 182 Å². The van der Waals surface area contributed by atoms with E-state index in [4.69, 9.17) is 4.74 Å². The minimum atomic E-state index is -4.76. The minimum absolute atomic E-state index is 0.123. The van der Waals surface area contributed by atoms with Crippen LogP contribution in [0.1, 0.15) is 28.8 Å². The van der Waals surface area contributed by atoms with Gasteiger partial charge in [0.1, 0.15) is 5.75 Å². The molecule has 0 saturated carbocycles. The van der Waals surface area contributed by atoms with E-state index in [-0.39, 0.29) is 29.7 Å². The Hall–Kier alpha value is -3.08. The fraction of sp³-hybridized carbons (Fsp3) is 0.476. The number of halogens is 3. The van der Waals surface area contributed by atoms with Crippen molar-refractivity contribution in [3.63, 3.8) is 0 Å². The molecule has 32 heavy (non-hydrogen) atoms. The molecular formula is C21H22F3N5O3. The van der Waals surface area contributed by atoms with Gasteiger partial charge in [0.25, 0.3) is 5.91 Å². The lowest BCUT2D eigenvalue weighted by molar-refractivity contribution is -0.274. The molecule has 0 radical (unpaired) electrons. The van der Waals surface area contributed by atoms with Gasteiger partial charge in [-0.1, -0.05) is 0 Å². The van der Waals surface area contributed by atoms with Crippen LogP contribution in [0.3, 0.4) is 0 Å². The average molecular weight is 449 g/mol. The van der Waals surface area contributed by atoms with Crippen LogP contribution in [0.25, 0.3) is 0 Å². The molecule has 3 aliphatic rings. The van der Waals surface area contributed by atoms with Crippen LogP contribution in [0, 0.1) is 0 Å². The van der Waals surface area contributed by atoms with Gasteiger partial charge in [0, 0.05) is 50.3 Å². The van der Waals surface area contributed by atoms with Crippen molar-refractivity contribution >= 4 is 17.5 Å². The lowest BCUT2D eigenvalue weighted by atomic mass is 9.82. The zero-order chi connectivity index (χ0) is 22.3. The molecular weight excluding hydrogens is 427 g/mol. The average Bonchev–Trinajstić information content (AvgIpc) is 2.62. The summed E-state index contributed by atoms with van der Waals surface area (Å²) >= 11 is 0. The predicted octanol–water partition coefficient (Wildman–Crippen LogP) is 2.81. The zero-order valence-corrected chi connectivity index (χ0v) is 17.2. The third-order valence-corrected chi connectivity index (χ3v) is 6.12. The molecule has 1 aromatic carbocycles. The Kier molecular flexibility index (Phi) is 5.07. The molecule has 3 fully saturated rings. The first-order valence-corrected chi connectivity index (χ1v) is 10.4. The summed E-state index contributed by atoms with van der Waals surface area (Å²) in [5, 5.41) is 2.99. The first-order chi connectivity index (χ1) is 15.3. The van der Waals surface area contributed by atoms with Gasteiger partial charge in [0.15, 0.2) is 0 Å². The molecule has 0 aliphatic carbocycles. The monoisotopic (exact) mass is 449 g/mol. The topological polar surface area (TPSA) is 79.8 Å². The number of amides is 1. The molecule has 0 bridgehead atoms. The molecule has 5 rings (SSSR count). The van der Waals surface area contributed by atoms with Crippen LogP contribution in [-0.4, -0.2) is 65.5 Å². The molecule has 1 amide bonds. The summed E-state index contributed by atoms with van der Waals surface area (Å²) in [4.78, 5) is 24.8. The van der Waals surface area contributed by atoms with Crippen LogP contribution < -0.4 is 15.0 Å². The fourth-order valence-electron chi connectivity index (χ4n) is 4.06. The molecule has 1 N–H and O–H groups in total. The highest BCUT2D eigenvalue weighted by Gasteiger charge is 2.53. The Bertz CT molecular complexity index is 1000. The van der Waals surface area contributed by atoms with Crippen LogP contribution in [0.15, 0.2) is 30.6 Å². The number of hydrogen-bond donors (Lipinski definition) is 1. The van der Waals surface area contributed by atoms with E-state index >= 15 is 0 Å². The molecule has 4 heterocycles. The summed E-state index contributed by atoms with van der Waals surface area (Å²) in [6.45, 7) is 3.62. The molecule has 0 atom stereocenters. The van der Waals surface area contributed by atoms with Crippen LogP contribution >= 0.6 is 0 Å². The lowest BCUT2D eigenvalue weighted by Crippen LogP contribution is -2.72. The minimum Gasteiger partial charge on any atom is -0.406 e. The standard InChI is InChI=1S/C21H22F3N5O3/c22-21(23,24)32-17-7-14(6-16(8-17)28-3-1-4-28)9-25-19-26-10-15(11-27-19)18(30)29-5-2-20(29)12-31-13-20/h6-8,10-11H,1-5,9,12-13H2,(H,25,26,27). The number of rotatable bonds is 6. The number of nitrogens with one attached hydrogen (secondary N) is 1. The van der Waals surface area contributed by atoms with E-state index in [2.05, 4.69) is 20.0 Å². The quantitative estimate of drug-likeness (QED) is 0.727. The molecule has 11 heteroatoms. The third-order valence-electron chi connectivity index (χ3n) is 6.12. The van der Waals surface area contributed by atoms with Crippen molar-refractivity contribution in [3.05, 3.63) is 41.7 Å². The third kappa shape index (κ3) is 4.04. The SMILES string of the molecule is O=C(c1cnc(NCc2cc(OC(F)(F)F)cc(N3CCC3)c2)nc1)N1CCC12COC2. The summed E-state index contributed by atoms with van der Waals surface area (Å²) in [5.74, 6) is -0.106. The van der Waals surface area contributed by atoms with Crippen molar-refractivity contribution in [2.75, 3.05) is 43.1 Å². The van der Waals surface area contributed by atoms with Gasteiger partial charge in [0.05, 0.1) is 24.3 Å². The highest BCUT2D eigenvalue weighted by molar-refractivity contribution is 5.95.